The van der Waals surface area contributed by atoms with E-state index in [0.717, 1.165) is 11.3 Å². The third kappa shape index (κ3) is 5.50. The molecule has 0 spiro atoms. The van der Waals surface area contributed by atoms with Gasteiger partial charge in [0.1, 0.15) is 5.75 Å². The van der Waals surface area contributed by atoms with Crippen LogP contribution in [0.25, 0.3) is 0 Å². The Hall–Kier alpha value is -2.53. The van der Waals surface area contributed by atoms with E-state index >= 15 is 0 Å². The molecule has 2 aromatic rings. The number of nitrogens with zero attached hydrogens (tertiary/aromatic N) is 2. The molecule has 1 N–H and O–H groups in total. The van der Waals surface area contributed by atoms with Crippen LogP contribution in [0, 0.1) is 0 Å². The lowest BCUT2D eigenvalue weighted by atomic mass is 10.1. The molecule has 0 radical (unpaired) electrons. The third-order valence-corrected chi connectivity index (χ3v) is 3.77. The molecule has 1 amide bonds. The summed E-state index contributed by atoms with van der Waals surface area (Å²) < 4.78 is 5.71. The molecule has 0 saturated carbocycles. The first-order valence-corrected chi connectivity index (χ1v) is 8.21. The van der Waals surface area contributed by atoms with Crippen LogP contribution in [-0.2, 0) is 4.79 Å². The van der Waals surface area contributed by atoms with E-state index < -0.39 is 5.60 Å². The maximum Gasteiger partial charge on any atom is 0.283 e. The topological polar surface area (TPSA) is 53.9 Å². The van der Waals surface area contributed by atoms with Crippen LogP contribution in [0.2, 0.25) is 5.02 Å². The lowest BCUT2D eigenvalue weighted by Crippen LogP contribution is -2.44. The van der Waals surface area contributed by atoms with E-state index in [-0.39, 0.29) is 5.91 Å². The minimum absolute atomic E-state index is 0.344. The summed E-state index contributed by atoms with van der Waals surface area (Å²) in [5.74, 6) is 0.219. The Morgan fingerprint density at radius 2 is 1.72 bits per heavy atom. The number of anilines is 1. The summed E-state index contributed by atoms with van der Waals surface area (Å²) in [6, 6.07) is 14.7. The highest BCUT2D eigenvalue weighted by molar-refractivity contribution is 6.30. The lowest BCUT2D eigenvalue weighted by molar-refractivity contribution is -0.134. The number of amides is 1. The summed E-state index contributed by atoms with van der Waals surface area (Å²) in [5.41, 5.74) is 3.43. The Balaban J connectivity index is 1.94. The molecular weight excluding hydrogens is 338 g/mol. The molecule has 2 rings (SSSR count). The van der Waals surface area contributed by atoms with Gasteiger partial charge < -0.3 is 9.64 Å². The minimum atomic E-state index is -1.07. The molecule has 2 aromatic carbocycles. The molecule has 6 heteroatoms. The van der Waals surface area contributed by atoms with E-state index in [1.807, 2.05) is 43.3 Å². The Morgan fingerprint density at radius 3 is 2.28 bits per heavy atom. The van der Waals surface area contributed by atoms with Crippen molar-refractivity contribution in [1.29, 1.82) is 0 Å². The molecule has 0 atom stereocenters. The predicted octanol–water partition coefficient (Wildman–Crippen LogP) is 3.71. The monoisotopic (exact) mass is 359 g/mol. The first-order valence-electron chi connectivity index (χ1n) is 7.83. The maximum atomic E-state index is 12.3. The number of rotatable bonds is 6. The normalized spacial score (nSPS) is 11.4. The van der Waals surface area contributed by atoms with Gasteiger partial charge >= 0.3 is 0 Å². The summed E-state index contributed by atoms with van der Waals surface area (Å²) in [6.45, 7) is 3.36. The molecule has 0 aliphatic carbocycles. The van der Waals surface area contributed by atoms with Gasteiger partial charge in [0.15, 0.2) is 5.60 Å². The Bertz CT molecular complexity index is 738. The summed E-state index contributed by atoms with van der Waals surface area (Å²) in [6.07, 6.45) is 1.59. The smallest absolute Gasteiger partial charge is 0.283 e. The maximum absolute atomic E-state index is 12.3. The van der Waals surface area contributed by atoms with Crippen LogP contribution in [0.4, 0.5) is 5.69 Å². The van der Waals surface area contributed by atoms with E-state index in [4.69, 9.17) is 16.3 Å². The standard InChI is InChI=1S/C19H22ClN3O2/c1-19(2,25-17-11-7-15(20)8-12-17)18(24)22-21-13-14-5-9-16(10-6-14)23(3)4/h5-13H,1-4H3,(H,22,24). The number of hydrazone groups is 1. The van der Waals surface area contributed by atoms with E-state index in [1.54, 1.807) is 44.3 Å². The van der Waals surface area contributed by atoms with Gasteiger partial charge in [0.25, 0.3) is 5.91 Å². The van der Waals surface area contributed by atoms with E-state index in [2.05, 4.69) is 10.5 Å². The van der Waals surface area contributed by atoms with Gasteiger partial charge in [-0.2, -0.15) is 5.10 Å². The number of carbonyl (C=O) groups excluding carboxylic acids is 1. The van der Waals surface area contributed by atoms with Crippen molar-refractivity contribution < 1.29 is 9.53 Å². The molecule has 0 heterocycles. The largest absolute Gasteiger partial charge is 0.478 e. The second-order valence-corrected chi connectivity index (χ2v) is 6.69. The number of hydrogen-bond donors (Lipinski definition) is 1. The Labute approximate surface area is 153 Å². The van der Waals surface area contributed by atoms with Gasteiger partial charge in [0.05, 0.1) is 6.21 Å². The van der Waals surface area contributed by atoms with Gasteiger partial charge in [-0.15, -0.1) is 0 Å². The van der Waals surface area contributed by atoms with E-state index in [9.17, 15) is 4.79 Å². The molecular formula is C19H22ClN3O2. The van der Waals surface area contributed by atoms with Crippen molar-refractivity contribution in [2.24, 2.45) is 5.10 Å². The molecule has 132 valence electrons. The molecule has 0 saturated heterocycles. The number of hydrogen-bond acceptors (Lipinski definition) is 4. The second-order valence-electron chi connectivity index (χ2n) is 6.25. The number of halogens is 1. The molecule has 5 nitrogen and oxygen atoms in total. The van der Waals surface area contributed by atoms with E-state index in [1.165, 1.54) is 0 Å². The van der Waals surface area contributed by atoms with Gasteiger partial charge in [-0.05, 0) is 55.8 Å². The molecule has 0 aromatic heterocycles. The highest BCUT2D eigenvalue weighted by Gasteiger charge is 2.29. The fraction of sp³-hybridized carbons (Fsp3) is 0.263. The number of benzene rings is 2. The third-order valence-electron chi connectivity index (χ3n) is 3.52. The van der Waals surface area contributed by atoms with Crippen LogP contribution >= 0.6 is 11.6 Å². The minimum Gasteiger partial charge on any atom is -0.478 e. The fourth-order valence-electron chi connectivity index (χ4n) is 2.00. The summed E-state index contributed by atoms with van der Waals surface area (Å²) in [7, 11) is 3.96. The molecule has 0 bridgehead atoms. The number of carbonyl (C=O) groups is 1. The van der Waals surface area contributed by atoms with Crippen LogP contribution in [-0.4, -0.2) is 31.8 Å². The zero-order chi connectivity index (χ0) is 18.4. The molecule has 0 aliphatic rings. The van der Waals surface area contributed by atoms with Crippen molar-refractivity contribution in [3.63, 3.8) is 0 Å². The van der Waals surface area contributed by atoms with E-state index in [0.29, 0.717) is 10.8 Å². The first-order chi connectivity index (χ1) is 11.8. The summed E-state index contributed by atoms with van der Waals surface area (Å²) in [4.78, 5) is 14.3. The van der Waals surface area contributed by atoms with Crippen molar-refractivity contribution in [3.8, 4) is 5.75 Å². The van der Waals surface area contributed by atoms with Gasteiger partial charge in [-0.3, -0.25) is 4.79 Å². The van der Waals surface area contributed by atoms with Crippen molar-refractivity contribution >= 4 is 29.4 Å². The molecule has 0 aliphatic heterocycles. The van der Waals surface area contributed by atoms with Crippen LogP contribution in [0.3, 0.4) is 0 Å². The zero-order valence-electron chi connectivity index (χ0n) is 14.8. The van der Waals surface area contributed by atoms with Gasteiger partial charge in [-0.1, -0.05) is 23.7 Å². The predicted molar refractivity (Wildman–Crippen MR) is 103 cm³/mol. The van der Waals surface area contributed by atoms with Crippen LogP contribution < -0.4 is 15.1 Å². The second kappa shape index (κ2) is 8.03. The van der Waals surface area contributed by atoms with Gasteiger partial charge in [0.2, 0.25) is 0 Å². The average Bonchev–Trinajstić information content (AvgIpc) is 2.57. The summed E-state index contributed by atoms with van der Waals surface area (Å²) in [5, 5.41) is 4.61. The first kappa shape index (κ1) is 18.8. The number of nitrogens with one attached hydrogen (secondary N) is 1. The molecule has 0 fully saturated rings. The lowest BCUT2D eigenvalue weighted by Gasteiger charge is -2.24. The van der Waals surface area contributed by atoms with Crippen LogP contribution in [0.1, 0.15) is 19.4 Å². The van der Waals surface area contributed by atoms with Crippen molar-refractivity contribution in [2.45, 2.75) is 19.4 Å². The average molecular weight is 360 g/mol. The summed E-state index contributed by atoms with van der Waals surface area (Å²) >= 11 is 5.84. The van der Waals surface area contributed by atoms with Crippen LogP contribution in [0.15, 0.2) is 53.6 Å². The van der Waals surface area contributed by atoms with Crippen molar-refractivity contribution in [3.05, 3.63) is 59.1 Å². The Kier molecular flexibility index (Phi) is 6.04. The highest BCUT2D eigenvalue weighted by Crippen LogP contribution is 2.21. The van der Waals surface area contributed by atoms with Crippen molar-refractivity contribution in [2.75, 3.05) is 19.0 Å². The van der Waals surface area contributed by atoms with Crippen molar-refractivity contribution in [1.82, 2.24) is 5.43 Å². The quantitative estimate of drug-likeness (QED) is 0.631. The van der Waals surface area contributed by atoms with Crippen LogP contribution in [0.5, 0.6) is 5.75 Å². The van der Waals surface area contributed by atoms with Gasteiger partial charge in [-0.25, -0.2) is 5.43 Å². The Morgan fingerprint density at radius 1 is 1.12 bits per heavy atom. The highest BCUT2D eigenvalue weighted by atomic mass is 35.5. The SMILES string of the molecule is CN(C)c1ccc(C=NNC(=O)C(C)(C)Oc2ccc(Cl)cc2)cc1. The number of ether oxygens (including phenoxy) is 1. The fourth-order valence-corrected chi connectivity index (χ4v) is 2.13. The molecule has 25 heavy (non-hydrogen) atoms. The van der Waals surface area contributed by atoms with Gasteiger partial charge in [0, 0.05) is 24.8 Å². The zero-order valence-corrected chi connectivity index (χ0v) is 15.5. The molecule has 0 unspecified atom stereocenters.